The predicted molar refractivity (Wildman–Crippen MR) is 154 cm³/mol. The van der Waals surface area contributed by atoms with E-state index in [1.165, 1.54) is 0 Å². The molecule has 2 atom stereocenters. The summed E-state index contributed by atoms with van der Waals surface area (Å²) in [4.78, 5) is 21.5. The van der Waals surface area contributed by atoms with E-state index in [0.29, 0.717) is 59.8 Å². The van der Waals surface area contributed by atoms with Crippen molar-refractivity contribution in [3.05, 3.63) is 99.5 Å². The smallest absolute Gasteiger partial charge is 0.255 e. The molecule has 5 rings (SSSR count). The number of halogens is 2. The first kappa shape index (κ1) is 27.5. The molecule has 1 fully saturated rings. The van der Waals surface area contributed by atoms with E-state index in [1.807, 2.05) is 65.6 Å². The molecule has 0 aliphatic carbocycles. The first-order valence-corrected chi connectivity index (χ1v) is 14.1. The SMILES string of the molecule is O=C(N1CCCCC1)[C@]1(Cc2ccccc2)N=C(c2ccc(OCCCO)cc2)O[C@@H]1c1ccc(Cl)cc1Cl. The van der Waals surface area contributed by atoms with E-state index in [0.717, 1.165) is 30.4 Å². The molecule has 3 aromatic carbocycles. The summed E-state index contributed by atoms with van der Waals surface area (Å²) >= 11 is 13.0. The second kappa shape index (κ2) is 12.4. The van der Waals surface area contributed by atoms with Crippen molar-refractivity contribution in [2.45, 2.75) is 43.7 Å². The molecular formula is C31H32Cl2N2O4. The number of hydrogen-bond acceptors (Lipinski definition) is 5. The van der Waals surface area contributed by atoms with Crippen molar-refractivity contribution in [3.8, 4) is 5.75 Å². The summed E-state index contributed by atoms with van der Waals surface area (Å²) in [6, 6.07) is 22.6. The number of aliphatic imine (C=N–C) groups is 1. The van der Waals surface area contributed by atoms with Gasteiger partial charge in [0.05, 0.1) is 6.61 Å². The van der Waals surface area contributed by atoms with Gasteiger partial charge < -0.3 is 19.5 Å². The Labute approximate surface area is 239 Å². The molecule has 2 aliphatic rings. The number of likely N-dealkylation sites (tertiary alicyclic amines) is 1. The maximum atomic E-state index is 14.5. The summed E-state index contributed by atoms with van der Waals surface area (Å²) in [5, 5.41) is 9.96. The fourth-order valence-electron chi connectivity index (χ4n) is 5.24. The van der Waals surface area contributed by atoms with E-state index in [-0.39, 0.29) is 12.5 Å². The molecule has 3 aromatic rings. The first-order chi connectivity index (χ1) is 19.0. The maximum absolute atomic E-state index is 14.5. The van der Waals surface area contributed by atoms with E-state index in [1.54, 1.807) is 12.1 Å². The van der Waals surface area contributed by atoms with Crippen molar-refractivity contribution >= 4 is 35.0 Å². The number of nitrogens with zero attached hydrogens (tertiary/aromatic N) is 2. The number of aliphatic hydroxyl groups excluding tert-OH is 1. The molecule has 1 amide bonds. The molecule has 2 heterocycles. The molecule has 0 bridgehead atoms. The third kappa shape index (κ3) is 6.08. The van der Waals surface area contributed by atoms with Gasteiger partial charge in [-0.3, -0.25) is 4.79 Å². The number of ether oxygens (including phenoxy) is 2. The standard InChI is InChI=1S/C31H32Cl2N2O4/c32-24-12-15-26(27(33)20-24)28-31(21-22-8-3-1-4-9-22,30(37)35-16-5-2-6-17-35)34-29(39-28)23-10-13-25(14-11-23)38-19-7-18-36/h1,3-4,8-15,20,28,36H,2,5-7,16-19,21H2/t28-,31-/m1/s1. The van der Waals surface area contributed by atoms with E-state index in [4.69, 9.17) is 42.8 Å². The van der Waals surface area contributed by atoms with Crippen LogP contribution in [0.4, 0.5) is 0 Å². The molecule has 1 N–H and O–H groups in total. The van der Waals surface area contributed by atoms with E-state index in [9.17, 15) is 4.79 Å². The Morgan fingerprint density at radius 1 is 1.03 bits per heavy atom. The van der Waals surface area contributed by atoms with Gasteiger partial charge in [0.25, 0.3) is 5.91 Å². The molecule has 204 valence electrons. The van der Waals surface area contributed by atoms with E-state index < -0.39 is 11.6 Å². The monoisotopic (exact) mass is 566 g/mol. The zero-order valence-corrected chi connectivity index (χ0v) is 23.2. The van der Waals surface area contributed by atoms with Crippen molar-refractivity contribution in [2.24, 2.45) is 4.99 Å². The van der Waals surface area contributed by atoms with Crippen LogP contribution < -0.4 is 4.74 Å². The van der Waals surface area contributed by atoms with Crippen LogP contribution in [0, 0.1) is 0 Å². The van der Waals surface area contributed by atoms with Crippen molar-refractivity contribution < 1.29 is 19.4 Å². The molecule has 1 saturated heterocycles. The van der Waals surface area contributed by atoms with Crippen LogP contribution in [0.5, 0.6) is 5.75 Å². The Morgan fingerprint density at radius 3 is 2.46 bits per heavy atom. The van der Waals surface area contributed by atoms with Crippen LogP contribution in [0.15, 0.2) is 77.8 Å². The second-order valence-electron chi connectivity index (χ2n) is 9.97. The molecule has 0 unspecified atom stereocenters. The van der Waals surface area contributed by atoms with Crippen LogP contribution in [0.25, 0.3) is 0 Å². The minimum Gasteiger partial charge on any atom is -0.494 e. The third-order valence-electron chi connectivity index (χ3n) is 7.21. The topological polar surface area (TPSA) is 71.4 Å². The lowest BCUT2D eigenvalue weighted by Crippen LogP contribution is -2.53. The second-order valence-corrected chi connectivity index (χ2v) is 10.8. The zero-order chi connectivity index (χ0) is 27.2. The summed E-state index contributed by atoms with van der Waals surface area (Å²) in [5.74, 6) is 1.01. The molecule has 39 heavy (non-hydrogen) atoms. The Bertz CT molecular complexity index is 1310. The van der Waals surface area contributed by atoms with Gasteiger partial charge in [0.1, 0.15) is 5.75 Å². The van der Waals surface area contributed by atoms with Crippen molar-refractivity contribution in [2.75, 3.05) is 26.3 Å². The summed E-state index contributed by atoms with van der Waals surface area (Å²) in [7, 11) is 0. The predicted octanol–water partition coefficient (Wildman–Crippen LogP) is 6.27. The number of hydrogen-bond donors (Lipinski definition) is 1. The molecule has 0 aromatic heterocycles. The van der Waals surface area contributed by atoms with Gasteiger partial charge in [-0.15, -0.1) is 0 Å². The number of carbonyl (C=O) groups excluding carboxylic acids is 1. The van der Waals surface area contributed by atoms with Crippen LogP contribution in [-0.4, -0.2) is 53.7 Å². The summed E-state index contributed by atoms with van der Waals surface area (Å²) in [6.45, 7) is 1.89. The van der Waals surface area contributed by atoms with E-state index >= 15 is 0 Å². The minimum atomic E-state index is -1.25. The lowest BCUT2D eigenvalue weighted by Gasteiger charge is -2.37. The molecule has 0 spiro atoms. The van der Waals surface area contributed by atoms with Crippen LogP contribution in [0.2, 0.25) is 10.0 Å². The fourth-order valence-corrected chi connectivity index (χ4v) is 5.74. The normalized spacial score (nSPS) is 20.8. The average Bonchev–Trinajstić information content (AvgIpc) is 3.34. The third-order valence-corrected chi connectivity index (χ3v) is 7.77. The van der Waals surface area contributed by atoms with Gasteiger partial charge in [0, 0.05) is 53.7 Å². The maximum Gasteiger partial charge on any atom is 0.255 e. The largest absolute Gasteiger partial charge is 0.494 e. The number of benzene rings is 3. The van der Waals surface area contributed by atoms with Crippen molar-refractivity contribution in [1.29, 1.82) is 0 Å². The van der Waals surface area contributed by atoms with Crippen molar-refractivity contribution in [1.82, 2.24) is 4.90 Å². The quantitative estimate of drug-likeness (QED) is 0.310. The van der Waals surface area contributed by atoms with Gasteiger partial charge in [-0.1, -0.05) is 59.6 Å². The summed E-state index contributed by atoms with van der Waals surface area (Å²) < 4.78 is 12.3. The number of aliphatic hydroxyl groups is 1. The molecule has 2 aliphatic heterocycles. The van der Waals surface area contributed by atoms with Gasteiger partial charge in [-0.25, -0.2) is 4.99 Å². The highest BCUT2D eigenvalue weighted by Crippen LogP contribution is 2.46. The van der Waals surface area contributed by atoms with Gasteiger partial charge >= 0.3 is 0 Å². The van der Waals surface area contributed by atoms with Gasteiger partial charge in [0.2, 0.25) is 5.90 Å². The summed E-state index contributed by atoms with van der Waals surface area (Å²) in [5.41, 5.74) is 1.15. The molecular weight excluding hydrogens is 535 g/mol. The van der Waals surface area contributed by atoms with Gasteiger partial charge in [-0.05, 0) is 61.2 Å². The Hall–Kier alpha value is -3.06. The van der Waals surface area contributed by atoms with Crippen LogP contribution in [0.3, 0.4) is 0 Å². The van der Waals surface area contributed by atoms with Crippen LogP contribution >= 0.6 is 23.2 Å². The van der Waals surface area contributed by atoms with Crippen LogP contribution in [0.1, 0.15) is 48.5 Å². The first-order valence-electron chi connectivity index (χ1n) is 13.4. The number of amides is 1. The molecule has 6 nitrogen and oxygen atoms in total. The molecule has 0 radical (unpaired) electrons. The molecule has 0 saturated carbocycles. The minimum absolute atomic E-state index is 0.0546. The number of carbonyl (C=O) groups is 1. The Kier molecular flexibility index (Phi) is 8.75. The Balaban J connectivity index is 1.59. The lowest BCUT2D eigenvalue weighted by molar-refractivity contribution is -0.140. The number of rotatable bonds is 9. The zero-order valence-electron chi connectivity index (χ0n) is 21.7. The van der Waals surface area contributed by atoms with Crippen molar-refractivity contribution in [3.63, 3.8) is 0 Å². The Morgan fingerprint density at radius 2 is 1.77 bits per heavy atom. The summed E-state index contributed by atoms with van der Waals surface area (Å²) in [6.07, 6.45) is 3.22. The van der Waals surface area contributed by atoms with Gasteiger partial charge in [0.15, 0.2) is 11.6 Å². The van der Waals surface area contributed by atoms with E-state index in [2.05, 4.69) is 0 Å². The molecule has 8 heteroatoms. The van der Waals surface area contributed by atoms with Gasteiger partial charge in [-0.2, -0.15) is 0 Å². The highest BCUT2D eigenvalue weighted by Gasteiger charge is 2.55. The highest BCUT2D eigenvalue weighted by atomic mass is 35.5. The highest BCUT2D eigenvalue weighted by molar-refractivity contribution is 6.35. The average molecular weight is 568 g/mol. The van der Waals surface area contributed by atoms with Crippen LogP contribution in [-0.2, 0) is 16.0 Å². The lowest BCUT2D eigenvalue weighted by atomic mass is 9.81. The number of piperidine rings is 1. The fraction of sp³-hybridized carbons (Fsp3) is 0.355.